The summed E-state index contributed by atoms with van der Waals surface area (Å²) in [6.45, 7) is 9.03. The Morgan fingerprint density at radius 3 is 2.36 bits per heavy atom. The van der Waals surface area contributed by atoms with Crippen molar-refractivity contribution in [3.05, 3.63) is 58.4 Å². The molecular formula is C25H33F3N4O4. The standard InChI is InChI=1S/C22H25F3N4O3.C3H8O/c1-5-26-18(30)11-32-27-10-14-9-15(22(31)28-12(2)3)21(20(25)19(14)24)29-17-7-6-13(4)8-16(17)23;1-2-3-4/h6-10,12,29H,5,11H2,1-4H3,(H,26,30)(H,28,31);4H,2-3H2,1H3/b27-10+;. The number of oxime groups is 1. The molecule has 0 bridgehead atoms. The third kappa shape index (κ3) is 9.57. The van der Waals surface area contributed by atoms with Crippen molar-refractivity contribution in [2.45, 2.75) is 47.1 Å². The number of aliphatic hydroxyl groups excluding tert-OH is 1. The summed E-state index contributed by atoms with van der Waals surface area (Å²) in [5.74, 6) is -4.55. The average Bonchev–Trinajstić information content (AvgIpc) is 2.82. The molecule has 0 aliphatic carbocycles. The van der Waals surface area contributed by atoms with E-state index in [2.05, 4.69) is 21.1 Å². The molecule has 0 heterocycles. The van der Waals surface area contributed by atoms with Crippen LogP contribution in [0.2, 0.25) is 0 Å². The molecule has 198 valence electrons. The number of anilines is 2. The van der Waals surface area contributed by atoms with Crippen LogP contribution < -0.4 is 16.0 Å². The molecule has 0 aliphatic heterocycles. The van der Waals surface area contributed by atoms with Crippen LogP contribution in [0.1, 0.15) is 55.6 Å². The quantitative estimate of drug-likeness (QED) is 0.283. The van der Waals surface area contributed by atoms with E-state index in [-0.39, 0.29) is 22.9 Å². The fraction of sp³-hybridized carbons (Fsp3) is 0.400. The molecule has 0 fully saturated rings. The van der Waals surface area contributed by atoms with Gasteiger partial charge in [0, 0.05) is 24.8 Å². The maximum atomic E-state index is 14.9. The van der Waals surface area contributed by atoms with Crippen LogP contribution in [0.4, 0.5) is 24.5 Å². The molecule has 2 rings (SSSR count). The molecule has 2 amide bonds. The Morgan fingerprint density at radius 1 is 1.14 bits per heavy atom. The molecule has 0 aliphatic rings. The fourth-order valence-electron chi connectivity index (χ4n) is 2.68. The zero-order valence-electron chi connectivity index (χ0n) is 21.0. The van der Waals surface area contributed by atoms with Crippen LogP contribution in [0.5, 0.6) is 0 Å². The number of aliphatic hydroxyl groups is 1. The molecule has 36 heavy (non-hydrogen) atoms. The van der Waals surface area contributed by atoms with Gasteiger partial charge in [0.15, 0.2) is 18.2 Å². The first-order valence-corrected chi connectivity index (χ1v) is 11.4. The van der Waals surface area contributed by atoms with Gasteiger partial charge < -0.3 is 25.9 Å². The van der Waals surface area contributed by atoms with E-state index in [0.717, 1.165) is 18.7 Å². The molecule has 0 spiro atoms. The number of carbonyl (C=O) groups excluding carboxylic acids is 2. The fourth-order valence-corrected chi connectivity index (χ4v) is 2.68. The molecule has 0 atom stereocenters. The highest BCUT2D eigenvalue weighted by Crippen LogP contribution is 2.30. The predicted molar refractivity (Wildman–Crippen MR) is 133 cm³/mol. The number of likely N-dealkylation sites (N-methyl/N-ethyl adjacent to an activating group) is 1. The largest absolute Gasteiger partial charge is 0.396 e. The minimum Gasteiger partial charge on any atom is -0.396 e. The first kappa shape index (κ1) is 30.4. The van der Waals surface area contributed by atoms with Gasteiger partial charge in [-0.05, 0) is 57.9 Å². The number of benzene rings is 2. The Bertz CT molecular complexity index is 1060. The number of halogens is 3. The van der Waals surface area contributed by atoms with E-state index in [9.17, 15) is 22.8 Å². The third-order valence-electron chi connectivity index (χ3n) is 4.34. The van der Waals surface area contributed by atoms with E-state index >= 15 is 0 Å². The van der Waals surface area contributed by atoms with E-state index in [1.54, 1.807) is 33.8 Å². The summed E-state index contributed by atoms with van der Waals surface area (Å²) in [5, 5.41) is 18.9. The summed E-state index contributed by atoms with van der Waals surface area (Å²) >= 11 is 0. The molecule has 4 N–H and O–H groups in total. The third-order valence-corrected chi connectivity index (χ3v) is 4.34. The lowest BCUT2D eigenvalue weighted by Crippen LogP contribution is -2.31. The van der Waals surface area contributed by atoms with Gasteiger partial charge in [-0.15, -0.1) is 0 Å². The number of rotatable bonds is 10. The van der Waals surface area contributed by atoms with Crippen LogP contribution in [0, 0.1) is 24.4 Å². The Hall–Kier alpha value is -3.60. The highest BCUT2D eigenvalue weighted by Gasteiger charge is 2.23. The van der Waals surface area contributed by atoms with Gasteiger partial charge in [-0.1, -0.05) is 18.1 Å². The van der Waals surface area contributed by atoms with Crippen molar-refractivity contribution >= 4 is 29.4 Å². The summed E-state index contributed by atoms with van der Waals surface area (Å²) in [4.78, 5) is 28.8. The van der Waals surface area contributed by atoms with Crippen molar-refractivity contribution in [1.82, 2.24) is 10.6 Å². The zero-order chi connectivity index (χ0) is 27.3. The SMILES string of the molecule is CCCO.CCNC(=O)CO/N=C/c1cc(C(=O)NC(C)C)c(Nc2ccc(C)cc2F)c(F)c1F. The molecule has 0 saturated carbocycles. The van der Waals surface area contributed by atoms with E-state index in [1.165, 1.54) is 12.1 Å². The van der Waals surface area contributed by atoms with Gasteiger partial charge in [0.1, 0.15) is 5.82 Å². The highest BCUT2D eigenvalue weighted by atomic mass is 19.2. The number of hydrogen-bond acceptors (Lipinski definition) is 6. The van der Waals surface area contributed by atoms with Crippen molar-refractivity contribution in [3.63, 3.8) is 0 Å². The smallest absolute Gasteiger partial charge is 0.260 e. The number of aryl methyl sites for hydroxylation is 1. The Kier molecular flexibility index (Phi) is 13.0. The van der Waals surface area contributed by atoms with Gasteiger partial charge in [0.25, 0.3) is 11.8 Å². The summed E-state index contributed by atoms with van der Waals surface area (Å²) in [7, 11) is 0. The predicted octanol–water partition coefficient (Wildman–Crippen LogP) is 4.17. The van der Waals surface area contributed by atoms with Crippen LogP contribution in [0.3, 0.4) is 0 Å². The number of nitrogens with one attached hydrogen (secondary N) is 3. The summed E-state index contributed by atoms with van der Waals surface area (Å²) in [6.07, 6.45) is 1.72. The number of carbonyl (C=O) groups is 2. The number of amides is 2. The van der Waals surface area contributed by atoms with Gasteiger partial charge in [-0.3, -0.25) is 9.59 Å². The first-order valence-electron chi connectivity index (χ1n) is 11.4. The second-order valence-corrected chi connectivity index (χ2v) is 7.94. The van der Waals surface area contributed by atoms with E-state index in [0.29, 0.717) is 18.7 Å². The van der Waals surface area contributed by atoms with Crippen LogP contribution in [-0.2, 0) is 9.63 Å². The van der Waals surface area contributed by atoms with Crippen molar-refractivity contribution in [2.75, 3.05) is 25.1 Å². The molecule has 2 aromatic carbocycles. The minimum absolute atomic E-state index is 0.126. The van der Waals surface area contributed by atoms with E-state index in [4.69, 9.17) is 9.94 Å². The molecular weight excluding hydrogens is 477 g/mol. The lowest BCUT2D eigenvalue weighted by atomic mass is 10.1. The van der Waals surface area contributed by atoms with Crippen molar-refractivity contribution in [1.29, 1.82) is 0 Å². The Labute approximate surface area is 208 Å². The van der Waals surface area contributed by atoms with Gasteiger partial charge in [-0.25, -0.2) is 13.2 Å². The normalized spacial score (nSPS) is 10.6. The maximum absolute atomic E-state index is 14.9. The number of nitrogens with zero attached hydrogens (tertiary/aromatic N) is 1. The van der Waals surface area contributed by atoms with Crippen LogP contribution in [-0.4, -0.2) is 48.9 Å². The molecule has 0 radical (unpaired) electrons. The molecule has 0 aromatic heterocycles. The van der Waals surface area contributed by atoms with E-state index < -0.39 is 41.6 Å². The van der Waals surface area contributed by atoms with Crippen LogP contribution in [0.15, 0.2) is 29.4 Å². The van der Waals surface area contributed by atoms with Gasteiger partial charge >= 0.3 is 0 Å². The molecule has 11 heteroatoms. The first-order chi connectivity index (χ1) is 17.0. The Balaban J connectivity index is 0.00000150. The van der Waals surface area contributed by atoms with Gasteiger partial charge in [0.05, 0.1) is 23.2 Å². The van der Waals surface area contributed by atoms with Crippen LogP contribution >= 0.6 is 0 Å². The minimum atomic E-state index is -1.40. The second kappa shape index (κ2) is 15.4. The summed E-state index contributed by atoms with van der Waals surface area (Å²) < 4.78 is 43.9. The Morgan fingerprint density at radius 2 is 1.81 bits per heavy atom. The van der Waals surface area contributed by atoms with Crippen LogP contribution in [0.25, 0.3) is 0 Å². The molecule has 0 unspecified atom stereocenters. The molecule has 2 aromatic rings. The van der Waals surface area contributed by atoms with Crippen molar-refractivity contribution < 1.29 is 32.7 Å². The summed E-state index contributed by atoms with van der Waals surface area (Å²) in [5.41, 5.74) is -0.662. The maximum Gasteiger partial charge on any atom is 0.260 e. The van der Waals surface area contributed by atoms with Gasteiger partial charge in [-0.2, -0.15) is 0 Å². The van der Waals surface area contributed by atoms with E-state index in [1.807, 2.05) is 6.92 Å². The van der Waals surface area contributed by atoms with Crippen molar-refractivity contribution in [3.8, 4) is 0 Å². The highest BCUT2D eigenvalue weighted by molar-refractivity contribution is 6.02. The summed E-state index contributed by atoms with van der Waals surface area (Å²) in [6, 6.07) is 4.93. The average molecular weight is 511 g/mol. The second-order valence-electron chi connectivity index (χ2n) is 7.94. The molecule has 0 saturated heterocycles. The lowest BCUT2D eigenvalue weighted by molar-refractivity contribution is -0.125. The topological polar surface area (TPSA) is 112 Å². The van der Waals surface area contributed by atoms with Crippen molar-refractivity contribution in [2.24, 2.45) is 5.16 Å². The van der Waals surface area contributed by atoms with Gasteiger partial charge in [0.2, 0.25) is 0 Å². The molecule has 8 nitrogen and oxygen atoms in total. The zero-order valence-corrected chi connectivity index (χ0v) is 21.0. The monoisotopic (exact) mass is 510 g/mol. The lowest BCUT2D eigenvalue weighted by Gasteiger charge is -2.17. The number of hydrogen-bond donors (Lipinski definition) is 4.